The van der Waals surface area contributed by atoms with Crippen LogP contribution in [-0.2, 0) is 5.60 Å². The topological polar surface area (TPSA) is 104 Å². The van der Waals surface area contributed by atoms with E-state index < -0.39 is 17.1 Å². The third kappa shape index (κ3) is 3.74. The first-order valence-corrected chi connectivity index (χ1v) is 6.67. The van der Waals surface area contributed by atoms with Gasteiger partial charge in [0.1, 0.15) is 5.82 Å². The molecule has 0 aromatic carbocycles. The molecule has 0 saturated heterocycles. The third-order valence-electron chi connectivity index (χ3n) is 3.62. The van der Waals surface area contributed by atoms with Crippen molar-refractivity contribution in [2.24, 2.45) is 0 Å². The van der Waals surface area contributed by atoms with Crippen molar-refractivity contribution < 1.29 is 10.0 Å². The molecule has 0 aliphatic heterocycles. The summed E-state index contributed by atoms with van der Waals surface area (Å²) in [5, 5.41) is 24.5. The highest BCUT2D eigenvalue weighted by molar-refractivity contribution is 5.03. The summed E-state index contributed by atoms with van der Waals surface area (Å²) < 4.78 is 0. The van der Waals surface area contributed by atoms with Crippen LogP contribution in [0.5, 0.6) is 0 Å². The summed E-state index contributed by atoms with van der Waals surface area (Å²) >= 11 is 0. The largest absolute Gasteiger partial charge is 0.375 e. The maximum absolute atomic E-state index is 10.7. The second-order valence-electron chi connectivity index (χ2n) is 5.18. The molecule has 0 bridgehead atoms. The van der Waals surface area contributed by atoms with Crippen LogP contribution in [0.1, 0.15) is 37.9 Å². The molecule has 1 heterocycles. The second kappa shape index (κ2) is 6.12. The lowest BCUT2D eigenvalue weighted by Crippen LogP contribution is -2.47. The highest BCUT2D eigenvalue weighted by Crippen LogP contribution is 2.21. The van der Waals surface area contributed by atoms with Crippen LogP contribution < -0.4 is 5.32 Å². The van der Waals surface area contributed by atoms with Crippen molar-refractivity contribution in [3.63, 3.8) is 0 Å². The summed E-state index contributed by atoms with van der Waals surface area (Å²) in [5.74, 6) is 0.243. The monoisotopic (exact) mass is 268 g/mol. The smallest absolute Gasteiger partial charge is 0.240 e. The van der Waals surface area contributed by atoms with Crippen molar-refractivity contribution >= 4 is 0 Å². The molecule has 19 heavy (non-hydrogen) atoms. The average molecular weight is 268 g/mol. The number of hydrogen-bond acceptors (Lipinski definition) is 5. The van der Waals surface area contributed by atoms with Crippen LogP contribution in [0.25, 0.3) is 0 Å². The molecule has 0 radical (unpaired) electrons. The maximum atomic E-state index is 10.7. The summed E-state index contributed by atoms with van der Waals surface area (Å²) in [4.78, 5) is 16.9. The minimum Gasteiger partial charge on any atom is -0.375 e. The van der Waals surface area contributed by atoms with E-state index in [1.54, 1.807) is 6.20 Å². The summed E-state index contributed by atoms with van der Waals surface area (Å²) in [6.45, 7) is -0.410. The van der Waals surface area contributed by atoms with Crippen LogP contribution >= 0.6 is 0 Å². The number of imidazole rings is 1. The van der Waals surface area contributed by atoms with E-state index in [0.29, 0.717) is 6.04 Å². The number of hydrogen-bond donors (Lipinski definition) is 3. The number of rotatable bonds is 6. The zero-order valence-corrected chi connectivity index (χ0v) is 10.8. The van der Waals surface area contributed by atoms with Crippen LogP contribution in [0, 0.1) is 10.1 Å². The fourth-order valence-electron chi connectivity index (χ4n) is 2.57. The molecule has 1 aromatic heterocycles. The van der Waals surface area contributed by atoms with E-state index >= 15 is 0 Å². The Morgan fingerprint density at radius 2 is 2.26 bits per heavy atom. The number of aliphatic hydroxyl groups is 1. The molecule has 1 aromatic rings. The number of aromatic nitrogens is 2. The summed E-state index contributed by atoms with van der Waals surface area (Å²) in [5.41, 5.74) is -1.58. The Morgan fingerprint density at radius 3 is 2.84 bits per heavy atom. The Morgan fingerprint density at radius 1 is 1.53 bits per heavy atom. The number of H-pyrrole nitrogens is 1. The Balaban J connectivity index is 1.99. The second-order valence-corrected chi connectivity index (χ2v) is 5.18. The fourth-order valence-corrected chi connectivity index (χ4v) is 2.57. The molecule has 3 N–H and O–H groups in total. The number of nitrogens with one attached hydrogen (secondary N) is 2. The SMILES string of the molecule is O=[N+]([O-])CC(O)(CNC1CCCCC1)c1ncc[nH]1. The van der Waals surface area contributed by atoms with Gasteiger partial charge in [0.15, 0.2) is 5.60 Å². The number of nitro groups is 1. The normalized spacial score (nSPS) is 20.1. The number of aromatic amines is 1. The molecule has 1 aliphatic rings. The molecule has 7 nitrogen and oxygen atoms in total. The quantitative estimate of drug-likeness (QED) is 0.523. The molecule has 106 valence electrons. The van der Waals surface area contributed by atoms with Crippen molar-refractivity contribution in [1.82, 2.24) is 15.3 Å². The van der Waals surface area contributed by atoms with Gasteiger partial charge in [-0.15, -0.1) is 0 Å². The molecule has 7 heteroatoms. The van der Waals surface area contributed by atoms with Gasteiger partial charge in [-0.2, -0.15) is 0 Å². The first kappa shape index (κ1) is 14.0. The van der Waals surface area contributed by atoms with Gasteiger partial charge < -0.3 is 15.4 Å². The zero-order chi connectivity index (χ0) is 13.7. The summed E-state index contributed by atoms with van der Waals surface area (Å²) in [7, 11) is 0. The van der Waals surface area contributed by atoms with E-state index in [4.69, 9.17) is 0 Å². The van der Waals surface area contributed by atoms with Gasteiger partial charge in [0.2, 0.25) is 6.54 Å². The Bertz CT molecular complexity index is 403. The first-order chi connectivity index (χ1) is 9.10. The van der Waals surface area contributed by atoms with Crippen molar-refractivity contribution in [3.05, 3.63) is 28.3 Å². The predicted octanol–water partition coefficient (Wildman–Crippen LogP) is 0.796. The van der Waals surface area contributed by atoms with Crippen molar-refractivity contribution in [2.45, 2.75) is 43.7 Å². The van der Waals surface area contributed by atoms with Crippen LogP contribution in [0.3, 0.4) is 0 Å². The van der Waals surface area contributed by atoms with Crippen molar-refractivity contribution in [2.75, 3.05) is 13.1 Å². The first-order valence-electron chi connectivity index (χ1n) is 6.67. The van der Waals surface area contributed by atoms with Gasteiger partial charge in [-0.1, -0.05) is 19.3 Å². The molecule has 1 atom stereocenters. The van der Waals surface area contributed by atoms with E-state index in [-0.39, 0.29) is 12.4 Å². The Labute approximate surface area is 111 Å². The summed E-state index contributed by atoms with van der Waals surface area (Å²) in [6.07, 6.45) is 8.76. The van der Waals surface area contributed by atoms with Crippen LogP contribution in [-0.4, -0.2) is 39.1 Å². The standard InChI is InChI=1S/C12H20N4O3/c17-12(9-16(18)19,11-13-6-7-14-11)8-15-10-4-2-1-3-5-10/h6-7,10,15,17H,1-5,8-9H2,(H,13,14). The van der Waals surface area contributed by atoms with Gasteiger partial charge in [0, 0.05) is 29.9 Å². The van der Waals surface area contributed by atoms with E-state index in [1.165, 1.54) is 25.5 Å². The molecule has 0 amide bonds. The molecule has 1 unspecified atom stereocenters. The lowest BCUT2D eigenvalue weighted by atomic mass is 9.94. The molecule has 0 spiro atoms. The van der Waals surface area contributed by atoms with Crippen molar-refractivity contribution in [3.8, 4) is 0 Å². The molecular formula is C12H20N4O3. The van der Waals surface area contributed by atoms with Crippen LogP contribution in [0.2, 0.25) is 0 Å². The van der Waals surface area contributed by atoms with Gasteiger partial charge in [0.05, 0.1) is 0 Å². The minimum atomic E-state index is -1.58. The fraction of sp³-hybridized carbons (Fsp3) is 0.750. The predicted molar refractivity (Wildman–Crippen MR) is 69.2 cm³/mol. The Hall–Kier alpha value is -1.47. The van der Waals surface area contributed by atoms with E-state index in [2.05, 4.69) is 15.3 Å². The van der Waals surface area contributed by atoms with Gasteiger partial charge >= 0.3 is 0 Å². The van der Waals surface area contributed by atoms with Gasteiger partial charge in [-0.3, -0.25) is 10.1 Å². The molecule has 1 aliphatic carbocycles. The average Bonchev–Trinajstić information content (AvgIpc) is 2.91. The Kier molecular flexibility index (Phi) is 4.49. The van der Waals surface area contributed by atoms with Crippen LogP contribution in [0.15, 0.2) is 12.4 Å². The highest BCUT2D eigenvalue weighted by atomic mass is 16.6. The van der Waals surface area contributed by atoms with E-state index in [1.807, 2.05) is 0 Å². The van der Waals surface area contributed by atoms with E-state index in [9.17, 15) is 15.2 Å². The zero-order valence-electron chi connectivity index (χ0n) is 10.8. The van der Waals surface area contributed by atoms with Crippen molar-refractivity contribution in [1.29, 1.82) is 0 Å². The highest BCUT2D eigenvalue weighted by Gasteiger charge is 2.38. The summed E-state index contributed by atoms with van der Waals surface area (Å²) in [6, 6.07) is 0.335. The molecule has 1 fully saturated rings. The molecule has 1 saturated carbocycles. The lowest BCUT2D eigenvalue weighted by Gasteiger charge is -2.28. The van der Waals surface area contributed by atoms with Crippen LogP contribution in [0.4, 0.5) is 0 Å². The third-order valence-corrected chi connectivity index (χ3v) is 3.62. The molecular weight excluding hydrogens is 248 g/mol. The lowest BCUT2D eigenvalue weighted by molar-refractivity contribution is -0.502. The number of nitrogens with zero attached hydrogens (tertiary/aromatic N) is 2. The van der Waals surface area contributed by atoms with Gasteiger partial charge in [-0.25, -0.2) is 4.98 Å². The van der Waals surface area contributed by atoms with Gasteiger partial charge in [-0.05, 0) is 12.8 Å². The minimum absolute atomic E-state index is 0.145. The molecule has 2 rings (SSSR count). The van der Waals surface area contributed by atoms with Gasteiger partial charge in [0.25, 0.3) is 0 Å². The van der Waals surface area contributed by atoms with E-state index in [0.717, 1.165) is 12.8 Å². The maximum Gasteiger partial charge on any atom is 0.240 e.